The predicted molar refractivity (Wildman–Crippen MR) is 67.2 cm³/mol. The van der Waals surface area contributed by atoms with E-state index in [0.717, 1.165) is 17.0 Å². The first kappa shape index (κ1) is 11.9. The minimum absolute atomic E-state index is 0.00264. The number of thioether (sulfide) groups is 1. The third-order valence-electron chi connectivity index (χ3n) is 2.01. The summed E-state index contributed by atoms with van der Waals surface area (Å²) in [4.78, 5) is 11.5. The van der Waals surface area contributed by atoms with Crippen LogP contribution < -0.4 is 11.1 Å². The van der Waals surface area contributed by atoms with E-state index in [1.165, 1.54) is 0 Å². The first-order valence-corrected chi connectivity index (χ1v) is 6.03. The van der Waals surface area contributed by atoms with Gasteiger partial charge in [0.2, 0.25) is 5.91 Å². The summed E-state index contributed by atoms with van der Waals surface area (Å²) in [6.07, 6.45) is 0. The van der Waals surface area contributed by atoms with E-state index in [1.807, 2.05) is 26.0 Å². The Balaban J connectivity index is 2.68. The van der Waals surface area contributed by atoms with E-state index in [4.69, 9.17) is 5.73 Å². The van der Waals surface area contributed by atoms with Crippen molar-refractivity contribution in [3.05, 3.63) is 23.8 Å². The van der Waals surface area contributed by atoms with Crippen molar-refractivity contribution in [2.24, 2.45) is 0 Å². The molecule has 1 aromatic carbocycles. The summed E-state index contributed by atoms with van der Waals surface area (Å²) in [7, 11) is 0. The molecule has 15 heavy (non-hydrogen) atoms. The molecule has 3 N–H and O–H groups in total. The maximum absolute atomic E-state index is 11.5. The Morgan fingerprint density at radius 3 is 2.87 bits per heavy atom. The minimum Gasteiger partial charge on any atom is -0.397 e. The molecule has 0 heterocycles. The van der Waals surface area contributed by atoms with Crippen molar-refractivity contribution in [2.75, 3.05) is 22.6 Å². The monoisotopic (exact) mass is 224 g/mol. The second-order valence-electron chi connectivity index (χ2n) is 3.22. The van der Waals surface area contributed by atoms with Crippen molar-refractivity contribution in [1.82, 2.24) is 0 Å². The molecule has 82 valence electrons. The fourth-order valence-corrected chi connectivity index (χ4v) is 1.69. The number of rotatable bonds is 4. The molecule has 1 rings (SSSR count). The number of hydrogen-bond donors (Lipinski definition) is 2. The lowest BCUT2D eigenvalue weighted by atomic mass is 10.1. The van der Waals surface area contributed by atoms with Gasteiger partial charge in [0.1, 0.15) is 0 Å². The summed E-state index contributed by atoms with van der Waals surface area (Å²) in [6.45, 7) is 3.96. The van der Waals surface area contributed by atoms with Crippen LogP contribution in [0.2, 0.25) is 0 Å². The number of carbonyl (C=O) groups is 1. The molecule has 1 amide bonds. The lowest BCUT2D eigenvalue weighted by Crippen LogP contribution is -2.16. The molecule has 0 aromatic heterocycles. The normalized spacial score (nSPS) is 10.0. The van der Waals surface area contributed by atoms with E-state index >= 15 is 0 Å². The number of nitrogens with one attached hydrogen (secondary N) is 1. The summed E-state index contributed by atoms with van der Waals surface area (Å²) in [6, 6.07) is 5.59. The van der Waals surface area contributed by atoms with Crippen LogP contribution in [0, 0.1) is 6.92 Å². The molecule has 0 aliphatic carbocycles. The quantitative estimate of drug-likeness (QED) is 0.771. The van der Waals surface area contributed by atoms with Gasteiger partial charge in [-0.1, -0.05) is 19.1 Å². The highest BCUT2D eigenvalue weighted by Gasteiger charge is 2.06. The summed E-state index contributed by atoms with van der Waals surface area (Å²) in [5, 5.41) is 2.83. The van der Waals surface area contributed by atoms with Gasteiger partial charge in [-0.15, -0.1) is 0 Å². The van der Waals surface area contributed by atoms with Gasteiger partial charge in [0.05, 0.1) is 17.1 Å². The van der Waals surface area contributed by atoms with Crippen LogP contribution in [0.5, 0.6) is 0 Å². The van der Waals surface area contributed by atoms with Gasteiger partial charge in [0.15, 0.2) is 0 Å². The van der Waals surface area contributed by atoms with Gasteiger partial charge >= 0.3 is 0 Å². The summed E-state index contributed by atoms with van der Waals surface area (Å²) in [5.41, 5.74) is 8.12. The Morgan fingerprint density at radius 2 is 2.27 bits per heavy atom. The summed E-state index contributed by atoms with van der Waals surface area (Å²) >= 11 is 1.59. The van der Waals surface area contributed by atoms with Gasteiger partial charge in [-0.2, -0.15) is 11.8 Å². The highest BCUT2D eigenvalue weighted by Crippen LogP contribution is 2.22. The van der Waals surface area contributed by atoms with Gasteiger partial charge in [-0.3, -0.25) is 4.79 Å². The molecule has 0 bridgehead atoms. The molecule has 3 nitrogen and oxygen atoms in total. The molecule has 0 unspecified atom stereocenters. The van der Waals surface area contributed by atoms with Crippen molar-refractivity contribution in [2.45, 2.75) is 13.8 Å². The molecule has 1 aromatic rings. The number of para-hydroxylation sites is 1. The number of amides is 1. The fraction of sp³-hybridized carbons (Fsp3) is 0.364. The highest BCUT2D eigenvalue weighted by molar-refractivity contribution is 7.99. The third-order valence-corrected chi connectivity index (χ3v) is 2.88. The molecule has 0 aliphatic heterocycles. The molecule has 0 saturated carbocycles. The van der Waals surface area contributed by atoms with Crippen molar-refractivity contribution in [1.29, 1.82) is 0 Å². The number of hydrogen-bond acceptors (Lipinski definition) is 3. The zero-order valence-electron chi connectivity index (χ0n) is 9.04. The molecular formula is C11H16N2OS. The van der Waals surface area contributed by atoms with E-state index in [0.29, 0.717) is 11.4 Å². The zero-order valence-corrected chi connectivity index (χ0v) is 9.86. The van der Waals surface area contributed by atoms with Gasteiger partial charge in [-0.05, 0) is 24.3 Å². The van der Waals surface area contributed by atoms with Crippen LogP contribution in [-0.4, -0.2) is 17.4 Å². The van der Waals surface area contributed by atoms with Crippen LogP contribution in [0.15, 0.2) is 18.2 Å². The van der Waals surface area contributed by atoms with Crippen LogP contribution in [0.1, 0.15) is 12.5 Å². The van der Waals surface area contributed by atoms with E-state index in [-0.39, 0.29) is 5.91 Å². The van der Waals surface area contributed by atoms with Gasteiger partial charge < -0.3 is 11.1 Å². The van der Waals surface area contributed by atoms with Crippen LogP contribution in [-0.2, 0) is 4.79 Å². The van der Waals surface area contributed by atoms with E-state index < -0.39 is 0 Å². The minimum atomic E-state index is 0.00264. The molecule has 0 spiro atoms. The van der Waals surface area contributed by atoms with Gasteiger partial charge in [0, 0.05) is 0 Å². The van der Waals surface area contributed by atoms with Crippen molar-refractivity contribution in [3.63, 3.8) is 0 Å². The highest BCUT2D eigenvalue weighted by atomic mass is 32.2. The maximum Gasteiger partial charge on any atom is 0.234 e. The summed E-state index contributed by atoms with van der Waals surface area (Å²) in [5.74, 6) is 1.42. The number of anilines is 2. The van der Waals surface area contributed by atoms with E-state index in [1.54, 1.807) is 17.8 Å². The largest absolute Gasteiger partial charge is 0.397 e. The standard InChI is InChI=1S/C11H16N2OS/c1-3-15-7-10(14)13-11-8(2)5-4-6-9(11)12/h4-6H,3,7,12H2,1-2H3,(H,13,14). The Hall–Kier alpha value is -1.16. The predicted octanol–water partition coefficient (Wildman–Crippen LogP) is 2.27. The first-order chi connectivity index (χ1) is 7.15. The third kappa shape index (κ3) is 3.47. The number of carbonyl (C=O) groups excluding carboxylic acids is 1. The fourth-order valence-electron chi connectivity index (χ4n) is 1.23. The number of nitrogen functional groups attached to an aromatic ring is 1. The van der Waals surface area contributed by atoms with E-state index in [9.17, 15) is 4.79 Å². The number of aryl methyl sites for hydroxylation is 1. The Morgan fingerprint density at radius 1 is 1.53 bits per heavy atom. The van der Waals surface area contributed by atoms with E-state index in [2.05, 4.69) is 5.32 Å². The first-order valence-electron chi connectivity index (χ1n) is 4.87. The molecule has 0 aliphatic rings. The average molecular weight is 224 g/mol. The zero-order chi connectivity index (χ0) is 11.3. The van der Waals surface area contributed by atoms with Crippen LogP contribution in [0.25, 0.3) is 0 Å². The smallest absolute Gasteiger partial charge is 0.234 e. The summed E-state index contributed by atoms with van der Waals surface area (Å²) < 4.78 is 0. The van der Waals surface area contributed by atoms with Crippen molar-refractivity contribution >= 4 is 29.0 Å². The molecule has 0 fully saturated rings. The average Bonchev–Trinajstić information content (AvgIpc) is 2.21. The van der Waals surface area contributed by atoms with Crippen molar-refractivity contribution < 1.29 is 4.79 Å². The molecule has 0 radical (unpaired) electrons. The second kappa shape index (κ2) is 5.66. The Kier molecular flexibility index (Phi) is 4.49. The molecule has 4 heteroatoms. The molecular weight excluding hydrogens is 208 g/mol. The van der Waals surface area contributed by atoms with Crippen molar-refractivity contribution in [3.8, 4) is 0 Å². The van der Waals surface area contributed by atoms with Gasteiger partial charge in [0.25, 0.3) is 0 Å². The lowest BCUT2D eigenvalue weighted by molar-refractivity contribution is -0.113. The topological polar surface area (TPSA) is 55.1 Å². The second-order valence-corrected chi connectivity index (χ2v) is 4.50. The molecule has 0 saturated heterocycles. The molecule has 0 atom stereocenters. The number of nitrogens with two attached hydrogens (primary N) is 1. The van der Waals surface area contributed by atoms with Crippen LogP contribution in [0.4, 0.5) is 11.4 Å². The number of benzene rings is 1. The van der Waals surface area contributed by atoms with Crippen LogP contribution in [0.3, 0.4) is 0 Å². The van der Waals surface area contributed by atoms with Crippen LogP contribution >= 0.6 is 11.8 Å². The SMILES string of the molecule is CCSCC(=O)Nc1c(C)cccc1N. The maximum atomic E-state index is 11.5. The Labute approximate surface area is 94.4 Å². The van der Waals surface area contributed by atoms with Gasteiger partial charge in [-0.25, -0.2) is 0 Å². The lowest BCUT2D eigenvalue weighted by Gasteiger charge is -2.10. The Bertz CT molecular complexity index is 332.